The average molecular weight is 412 g/mol. The Morgan fingerprint density at radius 2 is 1.50 bits per heavy atom. The molecule has 2 aromatic carbocycles. The lowest BCUT2D eigenvalue weighted by atomic mass is 10.1. The number of nitrogens with one attached hydrogen (secondary N) is 1. The van der Waals surface area contributed by atoms with Gasteiger partial charge in [-0.2, -0.15) is 0 Å². The van der Waals surface area contributed by atoms with E-state index in [1.807, 2.05) is 60.7 Å². The van der Waals surface area contributed by atoms with E-state index < -0.39 is 24.0 Å². The van der Waals surface area contributed by atoms with Crippen LogP contribution in [0.15, 0.2) is 60.7 Å². The fourth-order valence-electron chi connectivity index (χ4n) is 2.85. The van der Waals surface area contributed by atoms with Crippen LogP contribution in [-0.2, 0) is 32.2 Å². The monoisotopic (exact) mass is 412 g/mol. The van der Waals surface area contributed by atoms with Crippen molar-refractivity contribution >= 4 is 18.0 Å². The molecule has 160 valence electrons. The fraction of sp³-hybridized carbons (Fsp3) is 0.348. The number of nitrogens with zero attached hydrogens (tertiary/aromatic N) is 1. The molecule has 2 rings (SSSR count). The number of ether oxygens (including phenoxy) is 2. The van der Waals surface area contributed by atoms with Crippen LogP contribution in [0.3, 0.4) is 0 Å². The summed E-state index contributed by atoms with van der Waals surface area (Å²) in [5.41, 5.74) is 1.74. The molecule has 0 radical (unpaired) electrons. The van der Waals surface area contributed by atoms with Crippen LogP contribution >= 0.6 is 0 Å². The minimum Gasteiger partial charge on any atom is -0.469 e. The lowest BCUT2D eigenvalue weighted by Crippen LogP contribution is -2.50. The van der Waals surface area contributed by atoms with E-state index in [9.17, 15) is 14.4 Å². The highest BCUT2D eigenvalue weighted by atomic mass is 16.5. The van der Waals surface area contributed by atoms with Crippen LogP contribution in [0.5, 0.6) is 0 Å². The molecular weight excluding hydrogens is 384 g/mol. The average Bonchev–Trinajstić information content (AvgIpc) is 2.75. The number of carbonyl (C=O) groups is 3. The molecule has 0 spiro atoms. The van der Waals surface area contributed by atoms with Crippen molar-refractivity contribution in [3.8, 4) is 0 Å². The van der Waals surface area contributed by atoms with Crippen LogP contribution in [-0.4, -0.2) is 42.1 Å². The normalized spacial score (nSPS) is 11.5. The maximum Gasteiger partial charge on any atom is 0.329 e. The van der Waals surface area contributed by atoms with E-state index in [1.165, 1.54) is 12.0 Å². The van der Waals surface area contributed by atoms with Crippen molar-refractivity contribution in [1.29, 1.82) is 0 Å². The first-order valence-electron chi connectivity index (χ1n) is 9.80. The Labute approximate surface area is 177 Å². The van der Waals surface area contributed by atoms with Gasteiger partial charge in [-0.1, -0.05) is 60.7 Å². The smallest absolute Gasteiger partial charge is 0.329 e. The maximum absolute atomic E-state index is 13.1. The number of hydrogen-bond donors (Lipinski definition) is 1. The Bertz CT molecular complexity index is 824. The molecule has 2 amide bonds. The van der Waals surface area contributed by atoms with Gasteiger partial charge >= 0.3 is 18.0 Å². The summed E-state index contributed by atoms with van der Waals surface area (Å²) in [6.07, 6.45) is -0.684. The van der Waals surface area contributed by atoms with E-state index in [1.54, 1.807) is 13.8 Å². The van der Waals surface area contributed by atoms with Gasteiger partial charge in [0, 0.05) is 13.1 Å². The number of urea groups is 1. The van der Waals surface area contributed by atoms with E-state index in [4.69, 9.17) is 9.47 Å². The fourth-order valence-corrected chi connectivity index (χ4v) is 2.85. The molecule has 0 saturated heterocycles. The Hall–Kier alpha value is -3.35. The third-order valence-corrected chi connectivity index (χ3v) is 4.33. The summed E-state index contributed by atoms with van der Waals surface area (Å²) in [5.74, 6) is -1.25. The molecule has 1 unspecified atom stereocenters. The summed E-state index contributed by atoms with van der Waals surface area (Å²) in [6, 6.07) is 17.1. The Balaban J connectivity index is 2.27. The van der Waals surface area contributed by atoms with Crippen molar-refractivity contribution in [3.05, 3.63) is 71.8 Å². The Morgan fingerprint density at radius 3 is 2.03 bits per heavy atom. The molecule has 30 heavy (non-hydrogen) atoms. The molecule has 0 aromatic heterocycles. The van der Waals surface area contributed by atoms with Gasteiger partial charge in [-0.15, -0.1) is 0 Å². The van der Waals surface area contributed by atoms with E-state index in [-0.39, 0.29) is 25.6 Å². The zero-order valence-corrected chi connectivity index (χ0v) is 17.5. The van der Waals surface area contributed by atoms with Gasteiger partial charge in [0.25, 0.3) is 0 Å². The summed E-state index contributed by atoms with van der Waals surface area (Å²) in [6.45, 7) is 3.85. The number of rotatable bonds is 9. The van der Waals surface area contributed by atoms with Gasteiger partial charge in [-0.05, 0) is 25.0 Å². The second kappa shape index (κ2) is 11.6. The molecule has 0 aliphatic heterocycles. The molecule has 0 aliphatic rings. The standard InChI is InChI=1S/C23H28N2O5/c1-17(2)30-22(27)20(14-21(26)29-3)25(16-19-12-8-5-9-13-19)23(28)24-15-18-10-6-4-7-11-18/h4-13,17,20H,14-16H2,1-3H3,(H,24,28). The first-order valence-corrected chi connectivity index (χ1v) is 9.80. The van der Waals surface area contributed by atoms with E-state index in [0.717, 1.165) is 11.1 Å². The Morgan fingerprint density at radius 1 is 0.933 bits per heavy atom. The van der Waals surface area contributed by atoms with Crippen LogP contribution in [0.1, 0.15) is 31.4 Å². The summed E-state index contributed by atoms with van der Waals surface area (Å²) < 4.78 is 10.1. The topological polar surface area (TPSA) is 84.9 Å². The van der Waals surface area contributed by atoms with Gasteiger partial charge in [-0.3, -0.25) is 4.79 Å². The van der Waals surface area contributed by atoms with Gasteiger partial charge in [0.2, 0.25) is 0 Å². The van der Waals surface area contributed by atoms with Crippen LogP contribution < -0.4 is 5.32 Å². The van der Waals surface area contributed by atoms with Crippen molar-refractivity contribution in [1.82, 2.24) is 10.2 Å². The second-order valence-corrected chi connectivity index (χ2v) is 7.04. The molecule has 0 saturated carbocycles. The van der Waals surface area contributed by atoms with Gasteiger partial charge in [0.1, 0.15) is 6.04 Å². The largest absolute Gasteiger partial charge is 0.469 e. The minimum absolute atomic E-state index is 0.135. The molecule has 7 heteroatoms. The molecule has 7 nitrogen and oxygen atoms in total. The van der Waals surface area contributed by atoms with Crippen LogP contribution in [0, 0.1) is 0 Å². The first-order chi connectivity index (χ1) is 14.4. The lowest BCUT2D eigenvalue weighted by molar-refractivity contribution is -0.157. The number of amides is 2. The van der Waals surface area contributed by atoms with Gasteiger partial charge < -0.3 is 19.7 Å². The molecule has 0 aliphatic carbocycles. The van der Waals surface area contributed by atoms with Gasteiger partial charge in [0.15, 0.2) is 0 Å². The molecular formula is C23H28N2O5. The highest BCUT2D eigenvalue weighted by molar-refractivity contribution is 5.87. The lowest BCUT2D eigenvalue weighted by Gasteiger charge is -2.30. The SMILES string of the molecule is COC(=O)CC(C(=O)OC(C)C)N(Cc1ccccc1)C(=O)NCc1ccccc1. The third kappa shape index (κ3) is 7.24. The number of esters is 2. The number of benzene rings is 2. The van der Waals surface area contributed by atoms with Crippen molar-refractivity contribution in [2.75, 3.05) is 7.11 Å². The number of methoxy groups -OCH3 is 1. The second-order valence-electron chi connectivity index (χ2n) is 7.04. The van der Waals surface area contributed by atoms with Crippen LogP contribution in [0.4, 0.5) is 4.79 Å². The molecule has 2 aromatic rings. The van der Waals surface area contributed by atoms with Gasteiger partial charge in [-0.25, -0.2) is 9.59 Å². The number of hydrogen-bond acceptors (Lipinski definition) is 5. The zero-order chi connectivity index (χ0) is 21.9. The van der Waals surface area contributed by atoms with E-state index in [0.29, 0.717) is 0 Å². The summed E-state index contributed by atoms with van der Waals surface area (Å²) in [5, 5.41) is 2.83. The zero-order valence-electron chi connectivity index (χ0n) is 17.5. The summed E-state index contributed by atoms with van der Waals surface area (Å²) in [7, 11) is 1.24. The highest BCUT2D eigenvalue weighted by Crippen LogP contribution is 2.15. The number of carbonyl (C=O) groups excluding carboxylic acids is 3. The van der Waals surface area contributed by atoms with Gasteiger partial charge in [0.05, 0.1) is 19.6 Å². The van der Waals surface area contributed by atoms with Crippen LogP contribution in [0.2, 0.25) is 0 Å². The Kier molecular flexibility index (Phi) is 8.87. The van der Waals surface area contributed by atoms with E-state index >= 15 is 0 Å². The molecule has 1 N–H and O–H groups in total. The van der Waals surface area contributed by atoms with Crippen LogP contribution in [0.25, 0.3) is 0 Å². The highest BCUT2D eigenvalue weighted by Gasteiger charge is 2.34. The summed E-state index contributed by atoms with van der Waals surface area (Å²) in [4.78, 5) is 39.1. The maximum atomic E-state index is 13.1. The first kappa shape index (κ1) is 22.9. The van der Waals surface area contributed by atoms with Crippen molar-refractivity contribution in [3.63, 3.8) is 0 Å². The molecule has 0 fully saturated rings. The van der Waals surface area contributed by atoms with E-state index in [2.05, 4.69) is 5.32 Å². The van der Waals surface area contributed by atoms with Crippen molar-refractivity contribution in [2.45, 2.75) is 45.5 Å². The third-order valence-electron chi connectivity index (χ3n) is 4.33. The predicted octanol–water partition coefficient (Wildman–Crippen LogP) is 3.28. The molecule has 1 atom stereocenters. The summed E-state index contributed by atoms with van der Waals surface area (Å²) >= 11 is 0. The minimum atomic E-state index is -1.11. The molecule has 0 heterocycles. The van der Waals surface area contributed by atoms with Crippen molar-refractivity contribution < 1.29 is 23.9 Å². The quantitative estimate of drug-likeness (QED) is 0.639. The molecule has 0 bridgehead atoms. The van der Waals surface area contributed by atoms with Crippen molar-refractivity contribution in [2.24, 2.45) is 0 Å². The predicted molar refractivity (Wildman–Crippen MR) is 112 cm³/mol.